The molecule has 0 aromatic heterocycles. The van der Waals surface area contributed by atoms with Crippen molar-refractivity contribution in [2.24, 2.45) is 5.92 Å². The van der Waals surface area contributed by atoms with Crippen molar-refractivity contribution in [2.75, 3.05) is 13.7 Å². The van der Waals surface area contributed by atoms with Crippen LogP contribution in [0, 0.1) is 12.8 Å². The van der Waals surface area contributed by atoms with E-state index in [-0.39, 0.29) is 29.7 Å². The molecule has 0 bridgehead atoms. The molecule has 0 radical (unpaired) electrons. The zero-order valence-corrected chi connectivity index (χ0v) is 24.4. The lowest BCUT2D eigenvalue weighted by atomic mass is 9.83. The Morgan fingerprint density at radius 3 is 2.73 bits per heavy atom. The molecule has 1 fully saturated rings. The van der Waals surface area contributed by atoms with Crippen molar-refractivity contribution in [3.05, 3.63) is 99.4 Å². The summed E-state index contributed by atoms with van der Waals surface area (Å²) >= 11 is 0. The second-order valence-corrected chi connectivity index (χ2v) is 11.0. The lowest BCUT2D eigenvalue weighted by molar-refractivity contribution is -0.167. The van der Waals surface area contributed by atoms with Gasteiger partial charge in [-0.25, -0.2) is 10.0 Å². The van der Waals surface area contributed by atoms with Gasteiger partial charge in [-0.3, -0.25) is 19.6 Å². The van der Waals surface area contributed by atoms with E-state index in [0.717, 1.165) is 11.1 Å². The number of aryl methyl sites for hydroxylation is 1. The lowest BCUT2D eigenvalue weighted by Crippen LogP contribution is -2.62. The van der Waals surface area contributed by atoms with E-state index in [9.17, 15) is 24.7 Å². The minimum atomic E-state index is -0.828. The first-order valence-electron chi connectivity index (χ1n) is 14.2. The van der Waals surface area contributed by atoms with Gasteiger partial charge in [-0.15, -0.1) is 0 Å². The molecule has 11 nitrogen and oxygen atoms in total. The third-order valence-corrected chi connectivity index (χ3v) is 7.88. The number of benzene rings is 3. The minimum Gasteiger partial charge on any atom is -0.489 e. The molecule has 2 aromatic carbocycles. The Bertz CT molecular complexity index is 1860. The Labute approximate surface area is 252 Å². The topological polar surface area (TPSA) is 143 Å². The monoisotopic (exact) mass is 597 g/mol. The average molecular weight is 598 g/mol. The van der Waals surface area contributed by atoms with Crippen LogP contribution in [0.25, 0.3) is 22.6 Å². The van der Waals surface area contributed by atoms with E-state index in [1.165, 1.54) is 24.1 Å². The van der Waals surface area contributed by atoms with Crippen molar-refractivity contribution in [1.82, 2.24) is 14.9 Å². The lowest BCUT2D eigenvalue weighted by Gasteiger charge is -2.45. The largest absolute Gasteiger partial charge is 0.489 e. The molecule has 1 saturated heterocycles. The minimum absolute atomic E-state index is 0.125. The van der Waals surface area contributed by atoms with Gasteiger partial charge < -0.3 is 23.9 Å². The number of aliphatic hydroxyl groups is 1. The van der Waals surface area contributed by atoms with Gasteiger partial charge in [-0.05, 0) is 79.4 Å². The van der Waals surface area contributed by atoms with Crippen LogP contribution in [0.3, 0.4) is 0 Å². The van der Waals surface area contributed by atoms with Crippen LogP contribution in [0.15, 0.2) is 87.2 Å². The van der Waals surface area contributed by atoms with Gasteiger partial charge in [0, 0.05) is 19.2 Å². The highest BCUT2D eigenvalue weighted by Gasteiger charge is 2.56. The maximum atomic E-state index is 12.6. The van der Waals surface area contributed by atoms with Crippen LogP contribution in [0.1, 0.15) is 24.5 Å². The average Bonchev–Trinajstić information content (AvgIpc) is 3.30. The van der Waals surface area contributed by atoms with Crippen LogP contribution in [0.4, 0.5) is 0 Å². The Morgan fingerprint density at radius 1 is 1.16 bits per heavy atom. The number of hydrogen-bond acceptors (Lipinski definition) is 9. The van der Waals surface area contributed by atoms with E-state index in [4.69, 9.17) is 13.9 Å². The number of hydroxylamine groups is 2. The van der Waals surface area contributed by atoms with Crippen LogP contribution in [-0.4, -0.2) is 62.9 Å². The van der Waals surface area contributed by atoms with Crippen LogP contribution >= 0.6 is 0 Å². The SMILES string of the molecule is Cc1cc(COc2ccc3nc4ccc(=O)cc-4oc3c2)ccc1OC/C=C/C1=C(C(=O)N(C)O)N2C(=O)[C@H]([C@@H](C)O)[C@H]2C1. The zero-order valence-electron chi connectivity index (χ0n) is 24.4. The number of ether oxygens (including phenoxy) is 2. The van der Waals surface area contributed by atoms with Gasteiger partial charge >= 0.3 is 0 Å². The van der Waals surface area contributed by atoms with Gasteiger partial charge in [0.15, 0.2) is 16.8 Å². The number of rotatable bonds is 9. The summed E-state index contributed by atoms with van der Waals surface area (Å²) < 4.78 is 17.8. The fourth-order valence-electron chi connectivity index (χ4n) is 5.74. The first kappa shape index (κ1) is 29.1. The molecule has 6 rings (SSSR count). The van der Waals surface area contributed by atoms with Gasteiger partial charge in [-0.2, -0.15) is 0 Å². The Hall–Kier alpha value is -5.00. The van der Waals surface area contributed by atoms with Crippen LogP contribution < -0.4 is 14.9 Å². The highest BCUT2D eigenvalue weighted by atomic mass is 16.5. The molecule has 0 spiro atoms. The molecule has 3 atom stereocenters. The number of carbonyl (C=O) groups excluding carboxylic acids is 2. The van der Waals surface area contributed by atoms with Crippen molar-refractivity contribution in [2.45, 2.75) is 39.0 Å². The molecular formula is C33H31N3O8. The summed E-state index contributed by atoms with van der Waals surface area (Å²) in [6, 6.07) is 15.3. The normalized spacial score (nSPS) is 18.6. The van der Waals surface area contributed by atoms with Gasteiger partial charge in [0.25, 0.3) is 5.91 Å². The highest BCUT2D eigenvalue weighted by molar-refractivity contribution is 6.02. The fourth-order valence-corrected chi connectivity index (χ4v) is 5.74. The molecule has 3 aliphatic heterocycles. The second-order valence-electron chi connectivity index (χ2n) is 11.0. The van der Waals surface area contributed by atoms with E-state index in [2.05, 4.69) is 4.98 Å². The predicted octanol–water partition coefficient (Wildman–Crippen LogP) is 3.83. The van der Waals surface area contributed by atoms with Crippen molar-refractivity contribution in [3.8, 4) is 23.0 Å². The van der Waals surface area contributed by atoms with Crippen molar-refractivity contribution in [3.63, 3.8) is 0 Å². The van der Waals surface area contributed by atoms with Gasteiger partial charge in [-0.1, -0.05) is 12.1 Å². The highest BCUT2D eigenvalue weighted by Crippen LogP contribution is 2.44. The molecule has 11 heteroatoms. The van der Waals surface area contributed by atoms with Crippen LogP contribution in [0.2, 0.25) is 0 Å². The Balaban J connectivity index is 1.08. The number of aliphatic hydroxyl groups excluding tert-OH is 1. The Morgan fingerprint density at radius 2 is 1.98 bits per heavy atom. The van der Waals surface area contributed by atoms with Gasteiger partial charge in [0.1, 0.15) is 41.6 Å². The number of fused-ring (bicyclic) bond motifs is 3. The van der Waals surface area contributed by atoms with E-state index < -0.39 is 17.9 Å². The molecule has 1 aliphatic carbocycles. The summed E-state index contributed by atoms with van der Waals surface area (Å²) in [6.45, 7) is 4.02. The molecule has 2 aromatic rings. The molecule has 4 aliphatic rings. The van der Waals surface area contributed by atoms with Gasteiger partial charge in [0.2, 0.25) is 5.91 Å². The maximum Gasteiger partial charge on any atom is 0.293 e. The summed E-state index contributed by atoms with van der Waals surface area (Å²) in [5.41, 5.74) is 4.20. The van der Waals surface area contributed by atoms with E-state index in [1.54, 1.807) is 31.2 Å². The number of aromatic nitrogens is 1. The fraction of sp³-hybridized carbons (Fsp3) is 0.273. The molecule has 44 heavy (non-hydrogen) atoms. The van der Waals surface area contributed by atoms with E-state index in [1.807, 2.05) is 37.3 Å². The number of allylic oxidation sites excluding steroid dienone is 1. The Kier molecular flexibility index (Phi) is 7.66. The number of likely N-dealkylation sites (N-methyl/N-ethyl adjacent to an activating group) is 1. The van der Waals surface area contributed by atoms with Crippen LogP contribution in [-0.2, 0) is 16.2 Å². The molecule has 2 amide bonds. The first-order valence-corrected chi connectivity index (χ1v) is 14.2. The number of carbonyl (C=O) groups is 2. The summed E-state index contributed by atoms with van der Waals surface area (Å²) in [5, 5.41) is 20.2. The molecular weight excluding hydrogens is 566 g/mol. The standard InChI is InChI=1S/C33H31N3O8/c1-18-13-20(17-43-23-8-10-25-29(16-23)44-28-15-22(38)7-9-24(28)34-25)6-11-27(18)42-12-4-5-21-14-26-30(19(2)37)32(39)36(26)31(21)33(40)35(3)41/h4-11,13,15-16,19,26,30,37,41H,12,14,17H2,1-3H3/b5-4+/t19-,26-,30-/m1/s1. The third kappa shape index (κ3) is 5.43. The van der Waals surface area contributed by atoms with Crippen molar-refractivity contribution >= 4 is 22.9 Å². The quantitative estimate of drug-likeness (QED) is 0.127. The molecule has 3 heterocycles. The summed E-state index contributed by atoms with van der Waals surface area (Å²) in [7, 11) is 1.21. The molecule has 226 valence electrons. The predicted molar refractivity (Wildman–Crippen MR) is 159 cm³/mol. The second kappa shape index (κ2) is 11.6. The number of nitrogens with zero attached hydrogens (tertiary/aromatic N) is 3. The van der Waals surface area contributed by atoms with Crippen molar-refractivity contribution in [1.29, 1.82) is 0 Å². The summed E-state index contributed by atoms with van der Waals surface area (Å²) in [4.78, 5) is 42.8. The van der Waals surface area contributed by atoms with E-state index in [0.29, 0.717) is 57.7 Å². The molecule has 0 saturated carbocycles. The number of amides is 2. The number of β-lactam (4-membered cyclic amide) rings is 1. The van der Waals surface area contributed by atoms with Crippen molar-refractivity contribution < 1.29 is 33.8 Å². The third-order valence-electron chi connectivity index (χ3n) is 7.88. The smallest absolute Gasteiger partial charge is 0.293 e. The molecule has 2 N–H and O–H groups in total. The zero-order chi connectivity index (χ0) is 31.1. The molecule has 0 unspecified atom stereocenters. The first-order chi connectivity index (χ1) is 21.1. The van der Waals surface area contributed by atoms with Gasteiger partial charge in [0.05, 0.1) is 18.1 Å². The number of hydrogen-bond donors (Lipinski definition) is 2. The van der Waals surface area contributed by atoms with E-state index >= 15 is 0 Å². The van der Waals surface area contributed by atoms with Crippen LogP contribution in [0.5, 0.6) is 11.5 Å². The maximum absolute atomic E-state index is 12.6. The summed E-state index contributed by atoms with van der Waals surface area (Å²) in [6.07, 6.45) is 3.06. The summed E-state index contributed by atoms with van der Waals surface area (Å²) in [5.74, 6) is 0.116.